The third-order valence-electron chi connectivity index (χ3n) is 3.35. The van der Waals surface area contributed by atoms with Gasteiger partial charge >= 0.3 is 13.9 Å². The van der Waals surface area contributed by atoms with Gasteiger partial charge in [0.2, 0.25) is 5.91 Å². The van der Waals surface area contributed by atoms with Crippen LogP contribution in [-0.4, -0.2) is 44.3 Å². The van der Waals surface area contributed by atoms with Gasteiger partial charge in [0.15, 0.2) is 0 Å². The predicted octanol–water partition coefficient (Wildman–Crippen LogP) is -1.92. The Kier molecular flexibility index (Phi) is 5.86. The molecule has 2 rings (SSSR count). The second-order valence-electron chi connectivity index (χ2n) is 4.96. The van der Waals surface area contributed by atoms with Gasteiger partial charge in [0.25, 0.3) is 5.56 Å². The summed E-state index contributed by atoms with van der Waals surface area (Å²) in [6.07, 6.45) is 0.528. The first-order chi connectivity index (χ1) is 11.3. The molecular weight excluding hydrogens is 345 g/mol. The van der Waals surface area contributed by atoms with Crippen LogP contribution in [0.5, 0.6) is 0 Å². The number of aromatic amines is 1. The van der Waals surface area contributed by atoms with Crippen molar-refractivity contribution >= 4 is 20.2 Å². The highest BCUT2D eigenvalue weighted by atomic mass is 31.1. The van der Waals surface area contributed by atoms with Crippen LogP contribution < -0.4 is 17.0 Å². The minimum atomic E-state index is -3.26. The molecule has 0 radical (unpaired) electrons. The van der Waals surface area contributed by atoms with Gasteiger partial charge in [-0.05, 0) is 6.08 Å². The Morgan fingerprint density at radius 3 is 2.88 bits per heavy atom. The third kappa shape index (κ3) is 4.28. The number of nitrogens with two attached hydrogens (primary N) is 1. The molecule has 5 N–H and O–H groups in total. The van der Waals surface area contributed by atoms with Gasteiger partial charge in [0, 0.05) is 18.7 Å². The molecule has 12 heteroatoms. The summed E-state index contributed by atoms with van der Waals surface area (Å²) in [5.41, 5.74) is 3.43. The predicted molar refractivity (Wildman–Crippen MR) is 81.3 cm³/mol. The Bertz CT molecular complexity index is 785. The molecule has 0 spiro atoms. The van der Waals surface area contributed by atoms with Gasteiger partial charge in [-0.3, -0.25) is 23.7 Å². The largest absolute Gasteiger partial charge is 0.394 e. The molecular formula is C12H16N3O8P. The normalized spacial score (nSPS) is 25.2. The lowest BCUT2D eigenvalue weighted by molar-refractivity contribution is -0.113. The SMILES string of the molecule is NC(=O)/C=C/c1cn([C@H]2C[C@@H](O[PH](=O)O)[C@@H](CO)O2)c(=O)[nH]c1=O. The fourth-order valence-electron chi connectivity index (χ4n) is 2.29. The molecule has 0 aromatic carbocycles. The van der Waals surface area contributed by atoms with Crippen LogP contribution in [0.4, 0.5) is 0 Å². The number of nitrogens with one attached hydrogen (secondary N) is 1. The number of aliphatic hydroxyl groups is 1. The van der Waals surface area contributed by atoms with Crippen molar-refractivity contribution in [3.05, 3.63) is 38.7 Å². The van der Waals surface area contributed by atoms with Crippen molar-refractivity contribution in [2.75, 3.05) is 6.61 Å². The molecule has 11 nitrogen and oxygen atoms in total. The molecule has 1 saturated heterocycles. The minimum Gasteiger partial charge on any atom is -0.394 e. The summed E-state index contributed by atoms with van der Waals surface area (Å²) in [5, 5.41) is 9.24. The number of rotatable bonds is 6. The number of nitrogens with zero attached hydrogens (tertiary/aromatic N) is 1. The molecule has 0 saturated carbocycles. The molecule has 1 unspecified atom stereocenters. The van der Waals surface area contributed by atoms with Gasteiger partial charge < -0.3 is 25.0 Å². The van der Waals surface area contributed by atoms with E-state index in [-0.39, 0.29) is 12.0 Å². The van der Waals surface area contributed by atoms with E-state index in [2.05, 4.69) is 4.98 Å². The smallest absolute Gasteiger partial charge is 0.330 e. The van der Waals surface area contributed by atoms with Crippen molar-refractivity contribution < 1.29 is 28.6 Å². The van der Waals surface area contributed by atoms with E-state index < -0.39 is 50.5 Å². The topological polar surface area (TPSA) is 174 Å². The second kappa shape index (κ2) is 7.69. The average molecular weight is 361 g/mol. The van der Waals surface area contributed by atoms with Crippen molar-refractivity contribution in [3.63, 3.8) is 0 Å². The van der Waals surface area contributed by atoms with Crippen LogP contribution in [0.15, 0.2) is 21.9 Å². The Hall–Kier alpha value is -2.04. The van der Waals surface area contributed by atoms with Crippen molar-refractivity contribution in [1.29, 1.82) is 0 Å². The van der Waals surface area contributed by atoms with Gasteiger partial charge in [-0.15, -0.1) is 0 Å². The van der Waals surface area contributed by atoms with Crippen molar-refractivity contribution in [2.24, 2.45) is 5.73 Å². The summed E-state index contributed by atoms with van der Waals surface area (Å²) < 4.78 is 22.1. The van der Waals surface area contributed by atoms with E-state index in [9.17, 15) is 24.1 Å². The Morgan fingerprint density at radius 2 is 2.29 bits per heavy atom. The first-order valence-electron chi connectivity index (χ1n) is 6.80. The van der Waals surface area contributed by atoms with Crippen LogP contribution in [0.2, 0.25) is 0 Å². The molecule has 132 valence electrons. The summed E-state index contributed by atoms with van der Waals surface area (Å²) in [6, 6.07) is 0. The van der Waals surface area contributed by atoms with Crippen molar-refractivity contribution in [2.45, 2.75) is 24.9 Å². The summed E-state index contributed by atoms with van der Waals surface area (Å²) in [7, 11) is -3.26. The molecule has 1 amide bonds. The van der Waals surface area contributed by atoms with E-state index in [1.54, 1.807) is 0 Å². The zero-order valence-electron chi connectivity index (χ0n) is 12.2. The van der Waals surface area contributed by atoms with Crippen LogP contribution in [-0.2, 0) is 18.6 Å². The van der Waals surface area contributed by atoms with Crippen LogP contribution >= 0.6 is 8.25 Å². The monoisotopic (exact) mass is 361 g/mol. The average Bonchev–Trinajstić information content (AvgIpc) is 2.88. The third-order valence-corrected chi connectivity index (χ3v) is 3.85. The lowest BCUT2D eigenvalue weighted by atomic mass is 10.2. The Labute approximate surface area is 135 Å². The van der Waals surface area contributed by atoms with E-state index in [0.29, 0.717) is 0 Å². The summed E-state index contributed by atoms with van der Waals surface area (Å²) >= 11 is 0. The molecule has 2 heterocycles. The number of primary amides is 1. The highest BCUT2D eigenvalue weighted by Crippen LogP contribution is 2.34. The molecule has 4 atom stereocenters. The zero-order valence-corrected chi connectivity index (χ0v) is 13.2. The maximum atomic E-state index is 11.9. The number of hydrogen-bond acceptors (Lipinski definition) is 7. The van der Waals surface area contributed by atoms with Gasteiger partial charge in [-0.1, -0.05) is 0 Å². The number of carbonyl (C=O) groups excluding carboxylic acids is 1. The lowest BCUT2D eigenvalue weighted by Gasteiger charge is -2.15. The minimum absolute atomic E-state index is 0.00706. The fourth-order valence-corrected chi connectivity index (χ4v) is 2.80. The molecule has 1 aliphatic heterocycles. The maximum absolute atomic E-state index is 11.9. The van der Waals surface area contributed by atoms with E-state index in [0.717, 1.165) is 22.9 Å². The van der Waals surface area contributed by atoms with Gasteiger partial charge in [-0.25, -0.2) is 4.79 Å². The molecule has 1 aromatic rings. The number of aromatic nitrogens is 2. The molecule has 0 aliphatic carbocycles. The zero-order chi connectivity index (χ0) is 17.9. The number of amides is 1. The molecule has 24 heavy (non-hydrogen) atoms. The number of H-pyrrole nitrogens is 1. The summed E-state index contributed by atoms with van der Waals surface area (Å²) in [5.74, 6) is -0.772. The molecule has 1 aliphatic rings. The van der Waals surface area contributed by atoms with Gasteiger partial charge in [0.1, 0.15) is 12.3 Å². The number of aliphatic hydroxyl groups excluding tert-OH is 1. The second-order valence-corrected chi connectivity index (χ2v) is 5.72. The number of carbonyl (C=O) groups is 1. The maximum Gasteiger partial charge on any atom is 0.330 e. The highest BCUT2D eigenvalue weighted by molar-refractivity contribution is 7.32. The number of hydrogen-bond donors (Lipinski definition) is 4. The molecule has 1 fully saturated rings. The van der Waals surface area contributed by atoms with Crippen LogP contribution in [0.1, 0.15) is 18.2 Å². The van der Waals surface area contributed by atoms with E-state index in [1.807, 2.05) is 0 Å². The van der Waals surface area contributed by atoms with Crippen molar-refractivity contribution in [1.82, 2.24) is 9.55 Å². The van der Waals surface area contributed by atoms with Gasteiger partial charge in [0.05, 0.1) is 18.3 Å². The standard InChI is InChI=1S/C12H16N3O8P/c13-9(17)2-1-6-4-15(12(19)14-11(6)18)10-3-7(23-24(20)21)8(5-16)22-10/h1-2,4,7-8,10,16,24H,3,5H2,(H2,13,17)(H,20,21)(H,14,18,19)/b2-1+/t7-,8-,10-/m1/s1. The molecule has 0 bridgehead atoms. The van der Waals surface area contributed by atoms with Crippen LogP contribution in [0.25, 0.3) is 6.08 Å². The van der Waals surface area contributed by atoms with Gasteiger partial charge in [-0.2, -0.15) is 0 Å². The summed E-state index contributed by atoms with van der Waals surface area (Å²) in [4.78, 5) is 45.3. The highest BCUT2D eigenvalue weighted by Gasteiger charge is 2.38. The van der Waals surface area contributed by atoms with E-state index in [4.69, 9.17) is 19.9 Å². The van der Waals surface area contributed by atoms with Crippen LogP contribution in [0, 0.1) is 0 Å². The summed E-state index contributed by atoms with van der Waals surface area (Å²) in [6.45, 7) is -0.483. The lowest BCUT2D eigenvalue weighted by Crippen LogP contribution is -2.33. The first kappa shape index (κ1) is 18.3. The molecule has 1 aromatic heterocycles. The van der Waals surface area contributed by atoms with Crippen molar-refractivity contribution in [3.8, 4) is 0 Å². The quantitative estimate of drug-likeness (QED) is 0.335. The Morgan fingerprint density at radius 1 is 1.58 bits per heavy atom. The first-order valence-corrected chi connectivity index (χ1v) is 8.07. The Balaban J connectivity index is 2.33. The van der Waals surface area contributed by atoms with E-state index >= 15 is 0 Å². The van der Waals surface area contributed by atoms with E-state index in [1.165, 1.54) is 0 Å². The fraction of sp³-hybridized carbons (Fsp3) is 0.417. The number of ether oxygens (including phenoxy) is 1. The van der Waals surface area contributed by atoms with Crippen LogP contribution in [0.3, 0.4) is 0 Å².